The summed E-state index contributed by atoms with van der Waals surface area (Å²) in [6.45, 7) is 3.29. The first kappa shape index (κ1) is 16.3. The minimum absolute atomic E-state index is 0.00727. The number of fused-ring (bicyclic) bond motifs is 1. The lowest BCUT2D eigenvalue weighted by Crippen LogP contribution is -2.41. The van der Waals surface area contributed by atoms with Crippen molar-refractivity contribution in [3.05, 3.63) is 23.3 Å². The number of hydrogen-bond donors (Lipinski definition) is 0. The van der Waals surface area contributed by atoms with E-state index in [1.54, 1.807) is 4.90 Å². The van der Waals surface area contributed by atoms with Gasteiger partial charge in [-0.3, -0.25) is 9.69 Å². The molecule has 7 nitrogen and oxygen atoms in total. The highest BCUT2D eigenvalue weighted by Crippen LogP contribution is 2.21. The molecule has 3 rings (SSSR count). The number of rotatable bonds is 4. The summed E-state index contributed by atoms with van der Waals surface area (Å²) in [7, 11) is -1.11. The zero-order valence-corrected chi connectivity index (χ0v) is 14.3. The summed E-state index contributed by atoms with van der Waals surface area (Å²) in [5.74, 6) is 1.18. The maximum Gasteiger partial charge on any atom is 0.237 e. The van der Waals surface area contributed by atoms with Crippen molar-refractivity contribution >= 4 is 15.7 Å². The van der Waals surface area contributed by atoms with Gasteiger partial charge in [0.05, 0.1) is 30.3 Å². The normalized spacial score (nSPS) is 22.6. The van der Waals surface area contributed by atoms with E-state index in [-0.39, 0.29) is 30.0 Å². The smallest absolute Gasteiger partial charge is 0.237 e. The third kappa shape index (κ3) is 3.53. The summed E-state index contributed by atoms with van der Waals surface area (Å²) in [4.78, 5) is 24.9. The van der Waals surface area contributed by atoms with Crippen molar-refractivity contribution in [2.45, 2.75) is 38.9 Å². The molecule has 0 spiro atoms. The second-order valence-electron chi connectivity index (χ2n) is 6.33. The van der Waals surface area contributed by atoms with Crippen LogP contribution in [0.3, 0.4) is 0 Å². The van der Waals surface area contributed by atoms with Gasteiger partial charge in [-0.2, -0.15) is 0 Å². The van der Waals surface area contributed by atoms with Crippen molar-refractivity contribution < 1.29 is 13.2 Å². The second-order valence-corrected chi connectivity index (χ2v) is 8.56. The van der Waals surface area contributed by atoms with Crippen molar-refractivity contribution in [1.29, 1.82) is 0 Å². The van der Waals surface area contributed by atoms with E-state index >= 15 is 0 Å². The van der Waals surface area contributed by atoms with Gasteiger partial charge in [0.25, 0.3) is 0 Å². The van der Waals surface area contributed by atoms with Crippen molar-refractivity contribution in [2.75, 3.05) is 25.1 Å². The lowest BCUT2D eigenvalue weighted by Gasteiger charge is -2.25. The van der Waals surface area contributed by atoms with Crippen LogP contribution in [0.15, 0.2) is 6.20 Å². The molecule has 1 atom stereocenters. The highest BCUT2D eigenvalue weighted by atomic mass is 32.2. The van der Waals surface area contributed by atoms with E-state index in [0.29, 0.717) is 19.5 Å². The first-order chi connectivity index (χ1) is 10.9. The Balaban J connectivity index is 1.60. The second kappa shape index (κ2) is 6.16. The van der Waals surface area contributed by atoms with Crippen molar-refractivity contribution in [2.24, 2.45) is 0 Å². The number of nitrogens with zero attached hydrogens (tertiary/aromatic N) is 4. The molecule has 0 aromatic carbocycles. The predicted octanol–water partition coefficient (Wildman–Crippen LogP) is 0.000100. The first-order valence-corrected chi connectivity index (χ1v) is 9.72. The quantitative estimate of drug-likeness (QED) is 0.768. The number of likely N-dealkylation sites (N-methyl/N-ethyl adjacent to an activating group) is 1. The van der Waals surface area contributed by atoms with Gasteiger partial charge < -0.3 is 4.90 Å². The van der Waals surface area contributed by atoms with Crippen LogP contribution in [0.5, 0.6) is 0 Å². The molecule has 0 N–H and O–H groups in total. The largest absolute Gasteiger partial charge is 0.331 e. The first-order valence-electron chi connectivity index (χ1n) is 7.90. The Morgan fingerprint density at radius 2 is 2.22 bits per heavy atom. The summed E-state index contributed by atoms with van der Waals surface area (Å²) in [5, 5.41) is 0. The Kier molecular flexibility index (Phi) is 4.37. The van der Waals surface area contributed by atoms with Crippen LogP contribution < -0.4 is 0 Å². The van der Waals surface area contributed by atoms with Crippen molar-refractivity contribution in [1.82, 2.24) is 19.8 Å². The monoisotopic (exact) mass is 338 g/mol. The Labute approximate surface area is 136 Å². The molecule has 1 amide bonds. The third-order valence-corrected chi connectivity index (χ3v) is 6.34. The van der Waals surface area contributed by atoms with Crippen LogP contribution >= 0.6 is 0 Å². The van der Waals surface area contributed by atoms with Gasteiger partial charge >= 0.3 is 0 Å². The molecular weight excluding hydrogens is 316 g/mol. The van der Waals surface area contributed by atoms with Crippen LogP contribution in [0.2, 0.25) is 0 Å². The Morgan fingerprint density at radius 3 is 2.87 bits per heavy atom. The van der Waals surface area contributed by atoms with Gasteiger partial charge in [-0.05, 0) is 13.5 Å². The Hall–Kier alpha value is -1.54. The molecule has 1 unspecified atom stereocenters. The van der Waals surface area contributed by atoms with Gasteiger partial charge in [0, 0.05) is 30.8 Å². The molecular formula is C15H22N4O3S. The lowest BCUT2D eigenvalue weighted by molar-refractivity contribution is -0.133. The van der Waals surface area contributed by atoms with Crippen molar-refractivity contribution in [3.63, 3.8) is 0 Å². The molecule has 2 aliphatic heterocycles. The summed E-state index contributed by atoms with van der Waals surface area (Å²) >= 11 is 0. The minimum atomic E-state index is -2.93. The number of sulfone groups is 1. The molecule has 3 heterocycles. The number of hydrogen-bond acceptors (Lipinski definition) is 6. The number of aromatic nitrogens is 2. The lowest BCUT2D eigenvalue weighted by atomic mass is 10.2. The van der Waals surface area contributed by atoms with Gasteiger partial charge in [0.15, 0.2) is 9.84 Å². The predicted molar refractivity (Wildman–Crippen MR) is 85.4 cm³/mol. The highest BCUT2D eigenvalue weighted by Gasteiger charge is 2.33. The number of amides is 1. The van der Waals surface area contributed by atoms with Crippen LogP contribution in [-0.2, 0) is 34.1 Å². The topological polar surface area (TPSA) is 83.5 Å². The molecule has 0 saturated carbocycles. The van der Waals surface area contributed by atoms with Gasteiger partial charge in [-0.25, -0.2) is 18.4 Å². The van der Waals surface area contributed by atoms with Gasteiger partial charge in [0.2, 0.25) is 5.91 Å². The van der Waals surface area contributed by atoms with Gasteiger partial charge in [-0.1, -0.05) is 6.92 Å². The third-order valence-electron chi connectivity index (χ3n) is 4.59. The fourth-order valence-corrected chi connectivity index (χ4v) is 4.91. The molecule has 0 bridgehead atoms. The van der Waals surface area contributed by atoms with Crippen molar-refractivity contribution in [3.8, 4) is 0 Å². The van der Waals surface area contributed by atoms with Crippen LogP contribution in [0.25, 0.3) is 0 Å². The van der Waals surface area contributed by atoms with E-state index in [4.69, 9.17) is 0 Å². The Morgan fingerprint density at radius 1 is 1.43 bits per heavy atom. The van der Waals surface area contributed by atoms with Crippen LogP contribution in [-0.4, -0.2) is 65.2 Å². The molecule has 1 fully saturated rings. The average molecular weight is 338 g/mol. The van der Waals surface area contributed by atoms with Crippen LogP contribution in [0, 0.1) is 0 Å². The number of carbonyl (C=O) groups is 1. The molecule has 2 aliphatic rings. The van der Waals surface area contributed by atoms with E-state index < -0.39 is 9.84 Å². The molecule has 126 valence electrons. The van der Waals surface area contributed by atoms with E-state index in [1.165, 1.54) is 0 Å². The van der Waals surface area contributed by atoms with E-state index in [0.717, 1.165) is 23.5 Å². The number of aryl methyl sites for hydroxylation is 1. The average Bonchev–Trinajstić information content (AvgIpc) is 3.09. The molecule has 1 saturated heterocycles. The molecule has 0 radical (unpaired) electrons. The molecule has 0 aliphatic carbocycles. The maximum absolute atomic E-state index is 12.5. The summed E-state index contributed by atoms with van der Waals surface area (Å²) in [6.07, 6.45) is 3.19. The van der Waals surface area contributed by atoms with E-state index in [1.807, 2.05) is 25.1 Å². The molecule has 8 heteroatoms. The summed E-state index contributed by atoms with van der Waals surface area (Å²) in [5.41, 5.74) is 1.93. The van der Waals surface area contributed by atoms with Gasteiger partial charge in [0.1, 0.15) is 5.82 Å². The standard InChI is InChI=1S/C15H22N4O3S/c1-3-14-16-6-11-7-19(8-13(11)17-14)15(20)9-18(2)12-4-5-23(21,22)10-12/h6,12H,3-5,7-10H2,1-2H3. The molecule has 1 aromatic rings. The van der Waals surface area contributed by atoms with Gasteiger partial charge in [-0.15, -0.1) is 0 Å². The van der Waals surface area contributed by atoms with Crippen LogP contribution in [0.4, 0.5) is 0 Å². The fourth-order valence-electron chi connectivity index (χ4n) is 3.11. The SMILES string of the molecule is CCc1ncc2c(n1)CN(C(=O)CN(C)C1CCS(=O)(=O)C1)C2. The van der Waals surface area contributed by atoms with E-state index in [2.05, 4.69) is 9.97 Å². The van der Waals surface area contributed by atoms with Crippen LogP contribution in [0.1, 0.15) is 30.4 Å². The fraction of sp³-hybridized carbons (Fsp3) is 0.667. The zero-order valence-electron chi connectivity index (χ0n) is 13.5. The Bertz CT molecular complexity index is 719. The molecule has 23 heavy (non-hydrogen) atoms. The summed E-state index contributed by atoms with van der Waals surface area (Å²) < 4.78 is 23.1. The maximum atomic E-state index is 12.5. The zero-order chi connectivity index (χ0) is 16.6. The number of carbonyl (C=O) groups excluding carboxylic acids is 1. The highest BCUT2D eigenvalue weighted by molar-refractivity contribution is 7.91. The summed E-state index contributed by atoms with van der Waals surface area (Å²) in [6, 6.07) is -0.0552. The minimum Gasteiger partial charge on any atom is -0.331 e. The van der Waals surface area contributed by atoms with E-state index in [9.17, 15) is 13.2 Å². The molecule has 1 aromatic heterocycles.